The molecule has 0 aromatic heterocycles. The molecule has 0 aliphatic carbocycles. The van der Waals surface area contributed by atoms with Crippen LogP contribution in [-0.2, 0) is 6.54 Å². The molecule has 0 bridgehead atoms. The van der Waals surface area contributed by atoms with Gasteiger partial charge in [0, 0.05) is 16.7 Å². The van der Waals surface area contributed by atoms with E-state index in [0.29, 0.717) is 6.54 Å². The Balaban J connectivity index is 2.08. The number of nitrogens with one attached hydrogen (secondary N) is 1. The highest BCUT2D eigenvalue weighted by molar-refractivity contribution is 9.10. The molecule has 0 saturated heterocycles. The molecule has 0 aliphatic heterocycles. The molecule has 0 atom stereocenters. The largest absolute Gasteiger partial charge is 0.496 e. The second-order valence-corrected chi connectivity index (χ2v) is 5.75. The van der Waals surface area contributed by atoms with Crippen LogP contribution in [0.15, 0.2) is 45.3 Å². The van der Waals surface area contributed by atoms with E-state index in [0.717, 1.165) is 25.9 Å². The Morgan fingerprint density at radius 3 is 2.58 bits per heavy atom. The summed E-state index contributed by atoms with van der Waals surface area (Å²) in [6.07, 6.45) is 0. The van der Waals surface area contributed by atoms with Crippen LogP contribution in [0.2, 0.25) is 0 Å². The molecule has 0 saturated carbocycles. The molecule has 19 heavy (non-hydrogen) atoms. The highest BCUT2D eigenvalue weighted by Gasteiger charge is 2.02. The molecule has 0 unspecified atom stereocenters. The molecule has 0 radical (unpaired) electrons. The van der Waals surface area contributed by atoms with E-state index >= 15 is 0 Å². The van der Waals surface area contributed by atoms with Crippen LogP contribution < -0.4 is 10.1 Å². The Hall–Kier alpha value is -1.07. The van der Waals surface area contributed by atoms with Gasteiger partial charge in [-0.15, -0.1) is 0 Å². The van der Waals surface area contributed by atoms with Gasteiger partial charge >= 0.3 is 0 Å². The lowest BCUT2D eigenvalue weighted by molar-refractivity contribution is 0.412. The van der Waals surface area contributed by atoms with E-state index in [-0.39, 0.29) is 5.82 Å². The summed E-state index contributed by atoms with van der Waals surface area (Å²) in [5.74, 6) is 0.529. The predicted molar refractivity (Wildman–Crippen MR) is 82.1 cm³/mol. The predicted octanol–water partition coefficient (Wildman–Crippen LogP) is 4.97. The zero-order valence-corrected chi connectivity index (χ0v) is 13.4. The number of hydrogen-bond donors (Lipinski definition) is 1. The van der Waals surface area contributed by atoms with Crippen molar-refractivity contribution in [1.82, 2.24) is 0 Å². The molecule has 0 fully saturated rings. The third kappa shape index (κ3) is 3.94. The molecule has 5 heteroatoms. The number of rotatable bonds is 4. The lowest BCUT2D eigenvalue weighted by atomic mass is 10.2. The number of anilines is 1. The van der Waals surface area contributed by atoms with Crippen molar-refractivity contribution in [1.29, 1.82) is 0 Å². The van der Waals surface area contributed by atoms with E-state index in [4.69, 9.17) is 4.74 Å². The van der Waals surface area contributed by atoms with Gasteiger partial charge in [-0.25, -0.2) is 4.39 Å². The summed E-state index contributed by atoms with van der Waals surface area (Å²) in [7, 11) is 1.62. The first-order valence-corrected chi connectivity index (χ1v) is 7.19. The highest BCUT2D eigenvalue weighted by atomic mass is 79.9. The van der Waals surface area contributed by atoms with Gasteiger partial charge in [-0.3, -0.25) is 0 Å². The minimum absolute atomic E-state index is 0.248. The normalized spacial score (nSPS) is 10.3. The molecule has 100 valence electrons. The quantitative estimate of drug-likeness (QED) is 0.798. The second-order valence-electron chi connectivity index (χ2n) is 3.98. The fourth-order valence-electron chi connectivity index (χ4n) is 1.69. The van der Waals surface area contributed by atoms with Crippen LogP contribution in [0.3, 0.4) is 0 Å². The lowest BCUT2D eigenvalue weighted by Gasteiger charge is -2.09. The van der Waals surface area contributed by atoms with Gasteiger partial charge in [-0.05, 0) is 57.9 Å². The van der Waals surface area contributed by atoms with Crippen molar-refractivity contribution in [2.75, 3.05) is 12.4 Å². The van der Waals surface area contributed by atoms with Crippen molar-refractivity contribution in [3.05, 3.63) is 56.7 Å². The van der Waals surface area contributed by atoms with Crippen molar-refractivity contribution >= 4 is 37.5 Å². The topological polar surface area (TPSA) is 21.3 Å². The van der Waals surface area contributed by atoms with Gasteiger partial charge in [0.2, 0.25) is 0 Å². The van der Waals surface area contributed by atoms with E-state index in [9.17, 15) is 4.39 Å². The van der Waals surface area contributed by atoms with E-state index in [1.54, 1.807) is 7.11 Å². The summed E-state index contributed by atoms with van der Waals surface area (Å²) >= 11 is 6.70. The Labute approximate surface area is 128 Å². The van der Waals surface area contributed by atoms with E-state index < -0.39 is 0 Å². The molecule has 0 heterocycles. The standard InChI is InChI=1S/C14H12Br2FNO/c1-19-14-3-2-12(7-13(14)16)18-8-9-4-10(15)6-11(17)5-9/h2-7,18H,8H2,1H3. The van der Waals surface area contributed by atoms with Crippen LogP contribution in [0.1, 0.15) is 5.56 Å². The maximum absolute atomic E-state index is 13.2. The van der Waals surface area contributed by atoms with Gasteiger partial charge in [0.25, 0.3) is 0 Å². The number of hydrogen-bond acceptors (Lipinski definition) is 2. The molecule has 0 aliphatic rings. The van der Waals surface area contributed by atoms with Crippen LogP contribution in [0.4, 0.5) is 10.1 Å². The first kappa shape index (κ1) is 14.3. The third-order valence-electron chi connectivity index (χ3n) is 2.57. The Morgan fingerprint density at radius 2 is 1.95 bits per heavy atom. The van der Waals surface area contributed by atoms with Gasteiger partial charge in [-0.1, -0.05) is 15.9 Å². The summed E-state index contributed by atoms with van der Waals surface area (Å²) in [4.78, 5) is 0. The number of benzene rings is 2. The Kier molecular flexibility index (Phi) is 4.82. The molecular weight excluding hydrogens is 377 g/mol. The van der Waals surface area contributed by atoms with Crippen molar-refractivity contribution < 1.29 is 9.13 Å². The minimum Gasteiger partial charge on any atom is -0.496 e. The molecule has 2 aromatic rings. The summed E-state index contributed by atoms with van der Waals surface area (Å²) in [5.41, 5.74) is 1.81. The molecule has 1 N–H and O–H groups in total. The van der Waals surface area contributed by atoms with E-state index in [1.807, 2.05) is 24.3 Å². The summed E-state index contributed by atoms with van der Waals surface area (Å²) < 4.78 is 20.0. The monoisotopic (exact) mass is 387 g/mol. The number of methoxy groups -OCH3 is 1. The lowest BCUT2D eigenvalue weighted by Crippen LogP contribution is -2.00. The van der Waals surface area contributed by atoms with Crippen LogP contribution in [0.25, 0.3) is 0 Å². The zero-order chi connectivity index (χ0) is 13.8. The van der Waals surface area contributed by atoms with Crippen LogP contribution >= 0.6 is 31.9 Å². The Morgan fingerprint density at radius 1 is 1.16 bits per heavy atom. The average Bonchev–Trinajstić information content (AvgIpc) is 2.35. The molecule has 0 amide bonds. The third-order valence-corrected chi connectivity index (χ3v) is 3.65. The fraction of sp³-hybridized carbons (Fsp3) is 0.143. The molecule has 2 nitrogen and oxygen atoms in total. The van der Waals surface area contributed by atoms with Crippen LogP contribution in [0.5, 0.6) is 5.75 Å². The van der Waals surface area contributed by atoms with Gasteiger partial charge in [0.05, 0.1) is 11.6 Å². The van der Waals surface area contributed by atoms with Gasteiger partial charge in [0.15, 0.2) is 0 Å². The number of halogens is 3. The molecule has 2 aromatic carbocycles. The summed E-state index contributed by atoms with van der Waals surface area (Å²) in [5, 5.41) is 3.23. The van der Waals surface area contributed by atoms with Crippen LogP contribution in [0, 0.1) is 5.82 Å². The Bertz CT molecular complexity index is 569. The first-order valence-electron chi connectivity index (χ1n) is 5.61. The summed E-state index contributed by atoms with van der Waals surface area (Å²) in [6, 6.07) is 10.5. The highest BCUT2D eigenvalue weighted by Crippen LogP contribution is 2.28. The van der Waals surface area contributed by atoms with Crippen molar-refractivity contribution in [3.8, 4) is 5.75 Å². The molecule has 0 spiro atoms. The maximum Gasteiger partial charge on any atom is 0.133 e. The zero-order valence-electron chi connectivity index (χ0n) is 10.2. The van der Waals surface area contributed by atoms with Crippen LogP contribution in [-0.4, -0.2) is 7.11 Å². The van der Waals surface area contributed by atoms with E-state index in [1.165, 1.54) is 12.1 Å². The molecular formula is C14H12Br2FNO. The smallest absolute Gasteiger partial charge is 0.133 e. The second kappa shape index (κ2) is 6.39. The van der Waals surface area contributed by atoms with Crippen molar-refractivity contribution in [2.24, 2.45) is 0 Å². The van der Waals surface area contributed by atoms with E-state index in [2.05, 4.69) is 37.2 Å². The fourth-order valence-corrected chi connectivity index (χ4v) is 2.75. The van der Waals surface area contributed by atoms with Gasteiger partial charge in [-0.2, -0.15) is 0 Å². The molecule has 2 rings (SSSR count). The van der Waals surface area contributed by atoms with Gasteiger partial charge in [0.1, 0.15) is 11.6 Å². The maximum atomic E-state index is 13.2. The van der Waals surface area contributed by atoms with Crippen molar-refractivity contribution in [2.45, 2.75) is 6.54 Å². The summed E-state index contributed by atoms with van der Waals surface area (Å²) in [6.45, 7) is 0.551. The minimum atomic E-state index is -0.248. The average molecular weight is 389 g/mol. The first-order chi connectivity index (χ1) is 9.08. The number of ether oxygens (including phenoxy) is 1. The SMILES string of the molecule is COc1ccc(NCc2cc(F)cc(Br)c2)cc1Br. The van der Waals surface area contributed by atoms with Crippen molar-refractivity contribution in [3.63, 3.8) is 0 Å². The van der Waals surface area contributed by atoms with Gasteiger partial charge < -0.3 is 10.1 Å².